The summed E-state index contributed by atoms with van der Waals surface area (Å²) in [5.74, 6) is 1.27. The molecule has 2 aromatic heterocycles. The molecular weight excluding hydrogens is 212 g/mol. The first-order chi connectivity index (χ1) is 8.31. The summed E-state index contributed by atoms with van der Waals surface area (Å²) in [7, 11) is 0. The van der Waals surface area contributed by atoms with Crippen molar-refractivity contribution in [1.29, 1.82) is 0 Å². The number of imidazole rings is 1. The lowest BCUT2D eigenvalue weighted by molar-refractivity contribution is 0.699. The average molecular weight is 230 g/mol. The highest BCUT2D eigenvalue weighted by Gasteiger charge is 2.23. The Hall–Kier alpha value is -1.55. The van der Waals surface area contributed by atoms with E-state index in [0.717, 1.165) is 43.8 Å². The van der Waals surface area contributed by atoms with E-state index in [0.29, 0.717) is 0 Å². The van der Waals surface area contributed by atoms with Crippen molar-refractivity contribution in [3.63, 3.8) is 0 Å². The minimum atomic E-state index is 0.783. The predicted molar refractivity (Wildman–Crippen MR) is 69.3 cm³/mol. The topological polar surface area (TPSA) is 46.6 Å². The van der Waals surface area contributed by atoms with Gasteiger partial charge < -0.3 is 10.6 Å². The van der Waals surface area contributed by atoms with Crippen LogP contribution >= 0.6 is 0 Å². The van der Waals surface area contributed by atoms with E-state index >= 15 is 0 Å². The Balaban J connectivity index is 1.93. The number of hydrogen-bond donors (Lipinski definition) is 1. The Morgan fingerprint density at radius 3 is 3.06 bits per heavy atom. The van der Waals surface area contributed by atoms with Gasteiger partial charge in [0.2, 0.25) is 0 Å². The molecule has 0 radical (unpaired) electrons. The molecule has 17 heavy (non-hydrogen) atoms. The molecule has 0 bridgehead atoms. The molecule has 0 amide bonds. The zero-order chi connectivity index (χ0) is 11.8. The van der Waals surface area contributed by atoms with Crippen LogP contribution < -0.4 is 10.6 Å². The van der Waals surface area contributed by atoms with Gasteiger partial charge in [-0.25, -0.2) is 4.98 Å². The van der Waals surface area contributed by atoms with Crippen LogP contribution in [0.2, 0.25) is 0 Å². The number of rotatable bonds is 4. The van der Waals surface area contributed by atoms with Gasteiger partial charge in [0.25, 0.3) is 0 Å². The van der Waals surface area contributed by atoms with Gasteiger partial charge in [-0.3, -0.25) is 4.40 Å². The SMILES string of the molecule is Cc1nc2cccc3n2c1CN3CCCCN. The molecule has 2 N–H and O–H groups in total. The maximum atomic E-state index is 5.54. The highest BCUT2D eigenvalue weighted by atomic mass is 15.3. The first-order valence-electron chi connectivity index (χ1n) is 6.23. The molecule has 0 saturated carbocycles. The van der Waals surface area contributed by atoms with Gasteiger partial charge in [-0.2, -0.15) is 0 Å². The Kier molecular flexibility index (Phi) is 2.52. The first-order valence-corrected chi connectivity index (χ1v) is 6.23. The third-order valence-electron chi connectivity index (χ3n) is 3.47. The van der Waals surface area contributed by atoms with E-state index in [1.54, 1.807) is 0 Å². The molecule has 0 atom stereocenters. The van der Waals surface area contributed by atoms with Crippen molar-refractivity contribution < 1.29 is 0 Å². The van der Waals surface area contributed by atoms with Crippen LogP contribution in [0.25, 0.3) is 5.65 Å². The summed E-state index contributed by atoms with van der Waals surface area (Å²) in [4.78, 5) is 7.00. The molecule has 1 aliphatic heterocycles. The quantitative estimate of drug-likeness (QED) is 0.813. The largest absolute Gasteiger partial charge is 0.352 e. The normalized spacial score (nSPS) is 13.9. The average Bonchev–Trinajstić information content (AvgIpc) is 2.84. The number of unbranched alkanes of at least 4 members (excludes halogenated alkanes) is 1. The summed E-state index contributed by atoms with van der Waals surface area (Å²) < 4.78 is 2.28. The molecule has 4 heteroatoms. The second kappa shape index (κ2) is 4.04. The number of aromatic nitrogens is 2. The summed E-state index contributed by atoms with van der Waals surface area (Å²) in [6.45, 7) is 4.94. The summed E-state index contributed by atoms with van der Waals surface area (Å²) in [6.07, 6.45) is 2.25. The molecule has 0 spiro atoms. The third kappa shape index (κ3) is 1.60. The lowest BCUT2D eigenvalue weighted by Gasteiger charge is -2.18. The van der Waals surface area contributed by atoms with Crippen LogP contribution in [-0.2, 0) is 6.54 Å². The smallest absolute Gasteiger partial charge is 0.138 e. The molecule has 2 aromatic rings. The van der Waals surface area contributed by atoms with Gasteiger partial charge in [-0.05, 0) is 38.4 Å². The second-order valence-corrected chi connectivity index (χ2v) is 4.64. The van der Waals surface area contributed by atoms with Crippen LogP contribution in [0.5, 0.6) is 0 Å². The fraction of sp³-hybridized carbons (Fsp3) is 0.462. The molecule has 0 saturated heterocycles. The van der Waals surface area contributed by atoms with Crippen LogP contribution in [0.1, 0.15) is 24.2 Å². The van der Waals surface area contributed by atoms with Crippen molar-refractivity contribution in [2.45, 2.75) is 26.3 Å². The molecule has 3 heterocycles. The zero-order valence-electron chi connectivity index (χ0n) is 10.2. The number of hydrogen-bond acceptors (Lipinski definition) is 3. The Bertz CT molecular complexity index is 544. The molecular formula is C13H18N4. The van der Waals surface area contributed by atoms with Crippen LogP contribution in [0, 0.1) is 6.92 Å². The van der Waals surface area contributed by atoms with Gasteiger partial charge in [0, 0.05) is 6.54 Å². The molecule has 3 rings (SSSR count). The summed E-state index contributed by atoms with van der Waals surface area (Å²) in [5, 5.41) is 0. The summed E-state index contributed by atoms with van der Waals surface area (Å²) >= 11 is 0. The molecule has 0 unspecified atom stereocenters. The number of anilines is 1. The van der Waals surface area contributed by atoms with Gasteiger partial charge in [-0.15, -0.1) is 0 Å². The fourth-order valence-electron chi connectivity index (χ4n) is 2.58. The van der Waals surface area contributed by atoms with E-state index in [2.05, 4.69) is 39.4 Å². The van der Waals surface area contributed by atoms with E-state index < -0.39 is 0 Å². The van der Waals surface area contributed by atoms with Gasteiger partial charge in [-0.1, -0.05) is 6.07 Å². The van der Waals surface area contributed by atoms with Gasteiger partial charge in [0.05, 0.1) is 17.9 Å². The molecule has 1 aliphatic rings. The maximum Gasteiger partial charge on any atom is 0.138 e. The van der Waals surface area contributed by atoms with Crippen LogP contribution in [0.15, 0.2) is 18.2 Å². The van der Waals surface area contributed by atoms with Crippen LogP contribution in [-0.4, -0.2) is 22.5 Å². The Labute approximate surface area is 101 Å². The summed E-state index contributed by atoms with van der Waals surface area (Å²) in [6, 6.07) is 6.33. The van der Waals surface area contributed by atoms with E-state index in [9.17, 15) is 0 Å². The lowest BCUT2D eigenvalue weighted by Crippen LogP contribution is -2.21. The number of aryl methyl sites for hydroxylation is 1. The van der Waals surface area contributed by atoms with E-state index in [4.69, 9.17) is 5.73 Å². The Morgan fingerprint density at radius 1 is 1.35 bits per heavy atom. The minimum absolute atomic E-state index is 0.783. The highest BCUT2D eigenvalue weighted by molar-refractivity contribution is 5.58. The summed E-state index contributed by atoms with van der Waals surface area (Å²) in [5.41, 5.74) is 9.10. The molecule has 0 aromatic carbocycles. The minimum Gasteiger partial charge on any atom is -0.352 e. The van der Waals surface area contributed by atoms with E-state index in [-0.39, 0.29) is 0 Å². The van der Waals surface area contributed by atoms with Crippen LogP contribution in [0.3, 0.4) is 0 Å². The van der Waals surface area contributed by atoms with Crippen molar-refractivity contribution in [2.24, 2.45) is 5.73 Å². The zero-order valence-corrected chi connectivity index (χ0v) is 10.2. The van der Waals surface area contributed by atoms with Gasteiger partial charge in [0.1, 0.15) is 11.5 Å². The van der Waals surface area contributed by atoms with Crippen molar-refractivity contribution in [3.05, 3.63) is 29.6 Å². The molecule has 90 valence electrons. The van der Waals surface area contributed by atoms with Crippen molar-refractivity contribution in [3.8, 4) is 0 Å². The fourth-order valence-corrected chi connectivity index (χ4v) is 2.58. The Morgan fingerprint density at radius 2 is 2.24 bits per heavy atom. The van der Waals surface area contributed by atoms with E-state index in [1.165, 1.54) is 11.5 Å². The molecule has 0 fully saturated rings. The highest BCUT2D eigenvalue weighted by Crippen LogP contribution is 2.29. The lowest BCUT2D eigenvalue weighted by atomic mass is 10.2. The van der Waals surface area contributed by atoms with Gasteiger partial charge >= 0.3 is 0 Å². The number of pyridine rings is 1. The second-order valence-electron chi connectivity index (χ2n) is 4.64. The van der Waals surface area contributed by atoms with Crippen molar-refractivity contribution in [2.75, 3.05) is 18.0 Å². The van der Waals surface area contributed by atoms with Gasteiger partial charge in [0.15, 0.2) is 0 Å². The van der Waals surface area contributed by atoms with E-state index in [1.807, 2.05) is 0 Å². The molecule has 4 nitrogen and oxygen atoms in total. The van der Waals surface area contributed by atoms with Crippen molar-refractivity contribution in [1.82, 2.24) is 9.38 Å². The molecule has 0 aliphatic carbocycles. The van der Waals surface area contributed by atoms with Crippen molar-refractivity contribution >= 4 is 11.5 Å². The maximum absolute atomic E-state index is 5.54. The monoisotopic (exact) mass is 230 g/mol. The first kappa shape index (κ1) is 10.6. The number of nitrogens with two attached hydrogens (primary N) is 1. The predicted octanol–water partition coefficient (Wildman–Crippen LogP) is 1.70. The number of nitrogens with zero attached hydrogens (tertiary/aromatic N) is 3. The van der Waals surface area contributed by atoms with Crippen LogP contribution in [0.4, 0.5) is 5.82 Å². The standard InChI is InChI=1S/C13H18N4/c1-10-11-9-16(8-3-2-7-14)13-6-4-5-12(15-10)17(11)13/h4-6H,2-3,7-9,14H2,1H3. The third-order valence-corrected chi connectivity index (χ3v) is 3.47.